The Labute approximate surface area is 225 Å². The van der Waals surface area contributed by atoms with Gasteiger partial charge >= 0.3 is 0 Å². The first-order valence-electron chi connectivity index (χ1n) is 12.6. The summed E-state index contributed by atoms with van der Waals surface area (Å²) >= 11 is 6.09. The van der Waals surface area contributed by atoms with Gasteiger partial charge in [0.2, 0.25) is 5.91 Å². The fourth-order valence-corrected chi connectivity index (χ4v) is 4.10. The number of nitrogens with zero attached hydrogens (tertiary/aromatic N) is 1. The maximum absolute atomic E-state index is 13.7. The second kappa shape index (κ2) is 12.8. The van der Waals surface area contributed by atoms with Crippen molar-refractivity contribution in [3.63, 3.8) is 0 Å². The number of hydrogen-bond acceptors (Lipinski definition) is 3. The molecule has 1 N–H and O–H groups in total. The number of rotatable bonds is 10. The van der Waals surface area contributed by atoms with Crippen molar-refractivity contribution in [2.24, 2.45) is 0 Å². The second-order valence-corrected chi connectivity index (χ2v) is 11.0. The van der Waals surface area contributed by atoms with Crippen LogP contribution in [0.25, 0.3) is 0 Å². The van der Waals surface area contributed by atoms with Gasteiger partial charge in [0.1, 0.15) is 11.8 Å². The molecule has 0 spiro atoms. The van der Waals surface area contributed by atoms with Crippen LogP contribution in [0.2, 0.25) is 5.02 Å². The van der Waals surface area contributed by atoms with Crippen LogP contribution in [-0.4, -0.2) is 34.9 Å². The normalized spacial score (nSPS) is 12.2. The Morgan fingerprint density at radius 1 is 0.892 bits per heavy atom. The molecule has 0 saturated heterocycles. The number of carbonyl (C=O) groups is 2. The molecule has 0 radical (unpaired) electrons. The topological polar surface area (TPSA) is 58.6 Å². The first kappa shape index (κ1) is 28.3. The largest absolute Gasteiger partial charge is 0.484 e. The van der Waals surface area contributed by atoms with Crippen molar-refractivity contribution in [1.29, 1.82) is 0 Å². The monoisotopic (exact) mass is 520 g/mol. The van der Waals surface area contributed by atoms with E-state index in [9.17, 15) is 9.59 Å². The molecule has 0 aliphatic rings. The number of nitrogens with one attached hydrogen (secondary N) is 1. The fraction of sp³-hybridized carbons (Fsp3) is 0.355. The van der Waals surface area contributed by atoms with Gasteiger partial charge in [0.25, 0.3) is 5.91 Å². The molecule has 1 atom stereocenters. The molecular weight excluding hydrogens is 484 g/mol. The van der Waals surface area contributed by atoms with Gasteiger partial charge in [-0.2, -0.15) is 0 Å². The molecule has 3 aromatic rings. The van der Waals surface area contributed by atoms with Gasteiger partial charge in [-0.15, -0.1) is 0 Å². The minimum absolute atomic E-state index is 0.178. The number of halogens is 1. The molecule has 3 aromatic carbocycles. The van der Waals surface area contributed by atoms with Crippen LogP contribution in [0, 0.1) is 0 Å². The number of ether oxygens (including phenoxy) is 1. The highest BCUT2D eigenvalue weighted by Crippen LogP contribution is 2.20. The van der Waals surface area contributed by atoms with E-state index in [1.165, 1.54) is 5.56 Å². The van der Waals surface area contributed by atoms with Gasteiger partial charge in [-0.25, -0.2) is 0 Å². The minimum Gasteiger partial charge on any atom is -0.484 e. The zero-order chi connectivity index (χ0) is 27.0. The van der Waals surface area contributed by atoms with Crippen molar-refractivity contribution >= 4 is 23.4 Å². The van der Waals surface area contributed by atoms with Crippen LogP contribution in [0.4, 0.5) is 0 Å². The lowest BCUT2D eigenvalue weighted by molar-refractivity contribution is -0.143. The molecule has 0 aliphatic heterocycles. The van der Waals surface area contributed by atoms with E-state index >= 15 is 0 Å². The molecule has 5 nitrogen and oxygen atoms in total. The van der Waals surface area contributed by atoms with Gasteiger partial charge in [0.05, 0.1) is 0 Å². The summed E-state index contributed by atoms with van der Waals surface area (Å²) in [5.41, 5.74) is 2.59. The Morgan fingerprint density at radius 2 is 1.51 bits per heavy atom. The van der Waals surface area contributed by atoms with Crippen molar-refractivity contribution < 1.29 is 14.3 Å². The van der Waals surface area contributed by atoms with Crippen molar-refractivity contribution in [3.8, 4) is 5.75 Å². The molecule has 2 amide bonds. The van der Waals surface area contributed by atoms with E-state index in [1.807, 2.05) is 87.5 Å². The molecule has 0 heterocycles. The van der Waals surface area contributed by atoms with Gasteiger partial charge in [0.15, 0.2) is 6.61 Å². The van der Waals surface area contributed by atoms with Gasteiger partial charge in [0, 0.05) is 23.5 Å². The third kappa shape index (κ3) is 8.94. The Bertz CT molecular complexity index is 1150. The zero-order valence-electron chi connectivity index (χ0n) is 22.3. The summed E-state index contributed by atoms with van der Waals surface area (Å²) in [7, 11) is 0. The van der Waals surface area contributed by atoms with E-state index in [1.54, 1.807) is 17.0 Å². The average Bonchev–Trinajstić information content (AvgIpc) is 2.85. The molecule has 0 fully saturated rings. The molecular formula is C31H37ClN2O3. The Hall–Kier alpha value is -3.31. The van der Waals surface area contributed by atoms with E-state index in [0.29, 0.717) is 23.1 Å². The van der Waals surface area contributed by atoms with Gasteiger partial charge < -0.3 is 15.0 Å². The Kier molecular flexibility index (Phi) is 9.76. The van der Waals surface area contributed by atoms with Crippen molar-refractivity contribution in [1.82, 2.24) is 10.2 Å². The predicted molar refractivity (Wildman–Crippen MR) is 150 cm³/mol. The van der Waals surface area contributed by atoms with Crippen molar-refractivity contribution in [3.05, 3.63) is 101 Å². The highest BCUT2D eigenvalue weighted by molar-refractivity contribution is 6.30. The molecule has 0 saturated carbocycles. The van der Waals surface area contributed by atoms with Crippen LogP contribution < -0.4 is 10.1 Å². The third-order valence-corrected chi connectivity index (χ3v) is 6.20. The Balaban J connectivity index is 1.89. The summed E-state index contributed by atoms with van der Waals surface area (Å²) in [6, 6.07) is 24.1. The number of amides is 2. The summed E-state index contributed by atoms with van der Waals surface area (Å²) in [6.07, 6.45) is 0.380. The third-order valence-electron chi connectivity index (χ3n) is 5.94. The molecule has 0 aromatic heterocycles. The van der Waals surface area contributed by atoms with Crippen LogP contribution in [0.3, 0.4) is 0 Å². The fourth-order valence-electron chi connectivity index (χ4n) is 3.97. The first-order valence-corrected chi connectivity index (χ1v) is 13.0. The number of benzene rings is 3. The van der Waals surface area contributed by atoms with E-state index in [-0.39, 0.29) is 25.0 Å². The molecule has 6 heteroatoms. The summed E-state index contributed by atoms with van der Waals surface area (Å²) in [5.74, 6) is 0.543. The van der Waals surface area contributed by atoms with Gasteiger partial charge in [-0.3, -0.25) is 9.59 Å². The Morgan fingerprint density at radius 3 is 2.08 bits per heavy atom. The predicted octanol–water partition coefficient (Wildman–Crippen LogP) is 6.40. The molecule has 196 valence electrons. The highest BCUT2D eigenvalue weighted by atomic mass is 35.5. The quantitative estimate of drug-likeness (QED) is 0.336. The second-order valence-electron chi connectivity index (χ2n) is 10.6. The summed E-state index contributed by atoms with van der Waals surface area (Å²) in [4.78, 5) is 28.8. The van der Waals surface area contributed by atoms with E-state index in [0.717, 1.165) is 11.1 Å². The van der Waals surface area contributed by atoms with Crippen LogP contribution in [0.5, 0.6) is 5.75 Å². The lowest BCUT2D eigenvalue weighted by Gasteiger charge is -2.33. The van der Waals surface area contributed by atoms with E-state index < -0.39 is 11.6 Å². The summed E-state index contributed by atoms with van der Waals surface area (Å²) in [5, 5.41) is 3.68. The zero-order valence-corrected chi connectivity index (χ0v) is 23.1. The average molecular weight is 521 g/mol. The molecule has 0 aliphatic carbocycles. The van der Waals surface area contributed by atoms with Crippen LogP contribution >= 0.6 is 11.6 Å². The highest BCUT2D eigenvalue weighted by Gasteiger charge is 2.32. The van der Waals surface area contributed by atoms with Gasteiger partial charge in [-0.1, -0.05) is 80.0 Å². The van der Waals surface area contributed by atoms with Crippen LogP contribution in [0.1, 0.15) is 57.2 Å². The first-order chi connectivity index (χ1) is 17.5. The summed E-state index contributed by atoms with van der Waals surface area (Å²) < 4.78 is 5.88. The maximum atomic E-state index is 13.7. The van der Waals surface area contributed by atoms with Gasteiger partial charge in [-0.05, 0) is 67.6 Å². The number of hydrogen-bond donors (Lipinski definition) is 1. The SMILES string of the molecule is CC(C)c1ccc(OCC(=O)N(Cc2ccc(Cl)cc2)C(Cc2ccccc2)C(=O)NC(C)(C)C)cc1. The summed E-state index contributed by atoms with van der Waals surface area (Å²) in [6.45, 7) is 10.1. The smallest absolute Gasteiger partial charge is 0.261 e. The van der Waals surface area contributed by atoms with E-state index in [4.69, 9.17) is 16.3 Å². The lowest BCUT2D eigenvalue weighted by Crippen LogP contribution is -2.55. The van der Waals surface area contributed by atoms with Crippen LogP contribution in [-0.2, 0) is 22.6 Å². The lowest BCUT2D eigenvalue weighted by atomic mass is 10.0. The van der Waals surface area contributed by atoms with E-state index in [2.05, 4.69) is 19.2 Å². The number of carbonyl (C=O) groups excluding carboxylic acids is 2. The van der Waals surface area contributed by atoms with Crippen molar-refractivity contribution in [2.45, 2.75) is 65.1 Å². The minimum atomic E-state index is -0.725. The standard InChI is InChI=1S/C31H37ClN2O3/c1-22(2)25-13-17-27(18-14-25)37-21-29(35)34(20-24-11-15-26(32)16-12-24)28(30(36)33-31(3,4)5)19-23-9-7-6-8-10-23/h6-18,22,28H,19-21H2,1-5H3,(H,33,36). The molecule has 3 rings (SSSR count). The molecule has 37 heavy (non-hydrogen) atoms. The van der Waals surface area contributed by atoms with Crippen LogP contribution in [0.15, 0.2) is 78.9 Å². The molecule has 0 bridgehead atoms. The van der Waals surface area contributed by atoms with Crippen molar-refractivity contribution in [2.75, 3.05) is 6.61 Å². The molecule has 1 unspecified atom stereocenters. The maximum Gasteiger partial charge on any atom is 0.261 e.